The number of amides is 2. The standard InChI is InChI=1S/C34H39N5O4S/c1-25(40)39-17-7-16-37(21-26-8-6-10-30(20-26)43-3)18-19-38(22-28-9-4-5-11-32(28)39)23-33(41)36-34-35-31(24-44-34)27-12-14-29(42-2)15-13-27/h4-6,8-15,20,24H,7,16-19,21-23H2,1-3H3,(H,35,36,41). The molecular weight excluding hydrogens is 574 g/mol. The zero-order valence-electron chi connectivity index (χ0n) is 25.5. The molecule has 1 N–H and O–H groups in total. The molecule has 230 valence electrons. The van der Waals surface area contributed by atoms with Gasteiger partial charge in [0.1, 0.15) is 11.5 Å². The summed E-state index contributed by atoms with van der Waals surface area (Å²) in [6.45, 7) is 5.99. The van der Waals surface area contributed by atoms with Gasteiger partial charge in [-0.25, -0.2) is 4.98 Å². The van der Waals surface area contributed by atoms with Gasteiger partial charge in [0.25, 0.3) is 0 Å². The van der Waals surface area contributed by atoms with Gasteiger partial charge in [0.05, 0.1) is 26.5 Å². The van der Waals surface area contributed by atoms with Crippen LogP contribution < -0.4 is 19.7 Å². The molecule has 44 heavy (non-hydrogen) atoms. The first kappa shape index (κ1) is 31.2. The van der Waals surface area contributed by atoms with Crippen molar-refractivity contribution in [1.29, 1.82) is 0 Å². The molecule has 0 spiro atoms. The van der Waals surface area contributed by atoms with Gasteiger partial charge in [-0.2, -0.15) is 0 Å². The van der Waals surface area contributed by atoms with E-state index in [1.54, 1.807) is 21.1 Å². The van der Waals surface area contributed by atoms with Gasteiger partial charge in [-0.15, -0.1) is 11.3 Å². The summed E-state index contributed by atoms with van der Waals surface area (Å²) in [5.74, 6) is 1.49. The summed E-state index contributed by atoms with van der Waals surface area (Å²) in [6.07, 6.45) is 0.832. The van der Waals surface area contributed by atoms with Crippen LogP contribution in [0, 0.1) is 0 Å². The monoisotopic (exact) mass is 613 g/mol. The summed E-state index contributed by atoms with van der Waals surface area (Å²) in [5, 5.41) is 5.50. The number of ether oxygens (including phenoxy) is 2. The second-order valence-electron chi connectivity index (χ2n) is 10.8. The second-order valence-corrected chi connectivity index (χ2v) is 11.7. The molecule has 5 rings (SSSR count). The minimum atomic E-state index is -0.129. The third-order valence-electron chi connectivity index (χ3n) is 7.69. The lowest BCUT2D eigenvalue weighted by atomic mass is 10.1. The summed E-state index contributed by atoms with van der Waals surface area (Å²) in [7, 11) is 3.31. The molecule has 10 heteroatoms. The molecule has 1 aliphatic rings. The van der Waals surface area contributed by atoms with Crippen molar-refractivity contribution in [2.75, 3.05) is 57.2 Å². The maximum absolute atomic E-state index is 13.4. The van der Waals surface area contributed by atoms with E-state index in [-0.39, 0.29) is 18.4 Å². The third-order valence-corrected chi connectivity index (χ3v) is 8.45. The number of aromatic nitrogens is 1. The number of carbonyl (C=O) groups excluding carboxylic acids is 2. The number of fused-ring (bicyclic) bond motifs is 1. The minimum Gasteiger partial charge on any atom is -0.497 e. The Bertz CT molecular complexity index is 1560. The van der Waals surface area contributed by atoms with Crippen LogP contribution in [0.1, 0.15) is 24.5 Å². The molecule has 0 saturated carbocycles. The molecule has 1 aliphatic heterocycles. The average Bonchev–Trinajstić information content (AvgIpc) is 3.49. The van der Waals surface area contributed by atoms with Crippen molar-refractivity contribution in [3.63, 3.8) is 0 Å². The van der Waals surface area contributed by atoms with E-state index >= 15 is 0 Å². The number of methoxy groups -OCH3 is 2. The van der Waals surface area contributed by atoms with Gasteiger partial charge in [-0.1, -0.05) is 30.3 Å². The van der Waals surface area contributed by atoms with Gasteiger partial charge in [0, 0.05) is 62.8 Å². The molecule has 2 heterocycles. The second kappa shape index (κ2) is 15.0. The summed E-state index contributed by atoms with van der Waals surface area (Å²) >= 11 is 1.40. The number of thiazole rings is 1. The van der Waals surface area contributed by atoms with Crippen LogP contribution >= 0.6 is 11.3 Å². The Morgan fingerprint density at radius 2 is 1.66 bits per heavy atom. The third kappa shape index (κ3) is 8.22. The average molecular weight is 614 g/mol. The number of hydrogen-bond acceptors (Lipinski definition) is 8. The SMILES string of the molecule is COc1ccc(-c2csc(NC(=O)CN3CCN(Cc4cccc(OC)c4)CCCN(C(C)=O)c4ccccc4C3)n2)cc1. The van der Waals surface area contributed by atoms with E-state index in [0.29, 0.717) is 24.8 Å². The molecule has 0 unspecified atom stereocenters. The first-order valence-corrected chi connectivity index (χ1v) is 15.6. The Hall–Kier alpha value is -4.25. The molecule has 3 aromatic carbocycles. The van der Waals surface area contributed by atoms with E-state index < -0.39 is 0 Å². The first-order valence-electron chi connectivity index (χ1n) is 14.8. The van der Waals surface area contributed by atoms with Gasteiger partial charge in [0.2, 0.25) is 11.8 Å². The number of hydrogen-bond donors (Lipinski definition) is 1. The molecular formula is C34H39N5O4S. The fourth-order valence-corrected chi connectivity index (χ4v) is 6.17. The number of nitrogens with one attached hydrogen (secondary N) is 1. The van der Waals surface area contributed by atoms with E-state index in [1.807, 2.05) is 70.9 Å². The molecule has 0 atom stereocenters. The normalized spacial score (nSPS) is 14.8. The Morgan fingerprint density at radius 1 is 0.886 bits per heavy atom. The van der Waals surface area contributed by atoms with Crippen LogP contribution in [0.15, 0.2) is 78.2 Å². The van der Waals surface area contributed by atoms with E-state index in [2.05, 4.69) is 32.2 Å². The highest BCUT2D eigenvalue weighted by Crippen LogP contribution is 2.27. The molecule has 1 aromatic heterocycles. The molecule has 0 radical (unpaired) electrons. The van der Waals surface area contributed by atoms with E-state index in [1.165, 1.54) is 11.3 Å². The van der Waals surface area contributed by atoms with Gasteiger partial charge >= 0.3 is 0 Å². The zero-order chi connectivity index (χ0) is 30.9. The van der Waals surface area contributed by atoms with Crippen LogP contribution in [-0.4, -0.2) is 73.5 Å². The van der Waals surface area contributed by atoms with Crippen molar-refractivity contribution >= 4 is 34.0 Å². The quantitative estimate of drug-likeness (QED) is 0.280. The van der Waals surface area contributed by atoms with Crippen molar-refractivity contribution in [2.24, 2.45) is 0 Å². The van der Waals surface area contributed by atoms with Crippen LogP contribution in [0.5, 0.6) is 11.5 Å². The Morgan fingerprint density at radius 3 is 2.43 bits per heavy atom. The fraction of sp³-hybridized carbons (Fsp3) is 0.324. The minimum absolute atomic E-state index is 0.0109. The lowest BCUT2D eigenvalue weighted by molar-refractivity contribution is -0.118. The van der Waals surface area contributed by atoms with Gasteiger partial charge in [-0.3, -0.25) is 19.4 Å². The summed E-state index contributed by atoms with van der Waals surface area (Å²) in [6, 6.07) is 23.8. The Labute approximate surface area is 263 Å². The molecule has 2 amide bonds. The predicted octanol–water partition coefficient (Wildman–Crippen LogP) is 5.53. The highest BCUT2D eigenvalue weighted by molar-refractivity contribution is 7.14. The summed E-state index contributed by atoms with van der Waals surface area (Å²) in [4.78, 5) is 37.2. The van der Waals surface area contributed by atoms with Crippen LogP contribution in [0.4, 0.5) is 10.8 Å². The van der Waals surface area contributed by atoms with Gasteiger partial charge in [-0.05, 0) is 60.0 Å². The van der Waals surface area contributed by atoms with E-state index in [4.69, 9.17) is 9.47 Å². The van der Waals surface area contributed by atoms with Crippen LogP contribution in [0.2, 0.25) is 0 Å². The van der Waals surface area contributed by atoms with Crippen molar-refractivity contribution < 1.29 is 19.1 Å². The lowest BCUT2D eigenvalue weighted by Crippen LogP contribution is -2.39. The van der Waals surface area contributed by atoms with Crippen molar-refractivity contribution in [3.8, 4) is 22.8 Å². The molecule has 0 fully saturated rings. The Balaban J connectivity index is 1.33. The predicted molar refractivity (Wildman–Crippen MR) is 175 cm³/mol. The van der Waals surface area contributed by atoms with Gasteiger partial charge in [0.15, 0.2) is 5.13 Å². The van der Waals surface area contributed by atoms with Crippen LogP contribution in [0.25, 0.3) is 11.3 Å². The maximum atomic E-state index is 13.4. The molecule has 4 aromatic rings. The number of nitrogens with zero attached hydrogens (tertiary/aromatic N) is 4. The first-order chi connectivity index (χ1) is 21.4. The molecule has 9 nitrogen and oxygen atoms in total. The molecule has 0 aliphatic carbocycles. The highest BCUT2D eigenvalue weighted by Gasteiger charge is 2.21. The highest BCUT2D eigenvalue weighted by atomic mass is 32.1. The maximum Gasteiger partial charge on any atom is 0.240 e. The molecule has 0 bridgehead atoms. The van der Waals surface area contributed by atoms with Crippen molar-refractivity contribution in [3.05, 3.63) is 89.3 Å². The number of carbonyl (C=O) groups is 2. The lowest BCUT2D eigenvalue weighted by Gasteiger charge is -2.27. The number of para-hydroxylation sites is 1. The Kier molecular flexibility index (Phi) is 10.6. The van der Waals surface area contributed by atoms with Crippen molar-refractivity contribution in [1.82, 2.24) is 14.8 Å². The molecule has 0 saturated heterocycles. The zero-order valence-corrected chi connectivity index (χ0v) is 26.3. The van der Waals surface area contributed by atoms with Gasteiger partial charge < -0.3 is 19.7 Å². The smallest absolute Gasteiger partial charge is 0.240 e. The largest absolute Gasteiger partial charge is 0.497 e. The van der Waals surface area contributed by atoms with Crippen LogP contribution in [0.3, 0.4) is 0 Å². The number of rotatable bonds is 8. The topological polar surface area (TPSA) is 87.2 Å². The fourth-order valence-electron chi connectivity index (χ4n) is 5.43. The van der Waals surface area contributed by atoms with E-state index in [9.17, 15) is 9.59 Å². The number of anilines is 2. The summed E-state index contributed by atoms with van der Waals surface area (Å²) in [5.41, 5.74) is 4.84. The number of benzene rings is 3. The van der Waals surface area contributed by atoms with E-state index in [0.717, 1.165) is 65.6 Å². The van der Waals surface area contributed by atoms with Crippen LogP contribution in [-0.2, 0) is 22.7 Å². The summed E-state index contributed by atoms with van der Waals surface area (Å²) < 4.78 is 10.7. The van der Waals surface area contributed by atoms with Crippen molar-refractivity contribution in [2.45, 2.75) is 26.4 Å².